The zero-order valence-corrected chi connectivity index (χ0v) is 13.8. The summed E-state index contributed by atoms with van der Waals surface area (Å²) in [5, 5.41) is 5.44. The number of ether oxygens (including phenoxy) is 1. The largest absolute Gasteiger partial charge is 0.494 e. The van der Waals surface area contributed by atoms with Gasteiger partial charge in [0.25, 0.3) is 0 Å². The van der Waals surface area contributed by atoms with Crippen molar-refractivity contribution in [3.63, 3.8) is 0 Å². The summed E-state index contributed by atoms with van der Waals surface area (Å²) < 4.78 is 18.5. The zero-order chi connectivity index (χ0) is 17.8. The van der Waals surface area contributed by atoms with Crippen molar-refractivity contribution in [2.24, 2.45) is 11.8 Å². The van der Waals surface area contributed by atoms with Crippen molar-refractivity contribution in [3.05, 3.63) is 54.3 Å². The van der Waals surface area contributed by atoms with Gasteiger partial charge in [0.05, 0.1) is 18.4 Å². The number of carbonyl (C=O) groups excluding carboxylic acids is 2. The van der Waals surface area contributed by atoms with Gasteiger partial charge in [-0.25, -0.2) is 4.39 Å². The van der Waals surface area contributed by atoms with E-state index in [9.17, 15) is 14.0 Å². The van der Waals surface area contributed by atoms with Gasteiger partial charge in [-0.15, -0.1) is 0 Å². The highest BCUT2D eigenvalue weighted by Crippen LogP contribution is 2.40. The number of carbonyl (C=O) groups is 2. The summed E-state index contributed by atoms with van der Waals surface area (Å²) in [4.78, 5) is 24.4. The highest BCUT2D eigenvalue weighted by Gasteiger charge is 2.48. The van der Waals surface area contributed by atoms with E-state index >= 15 is 0 Å². The lowest BCUT2D eigenvalue weighted by Gasteiger charge is -2.07. The maximum Gasteiger partial charge on any atom is 0.228 e. The van der Waals surface area contributed by atoms with Crippen LogP contribution >= 0.6 is 0 Å². The number of halogens is 1. The van der Waals surface area contributed by atoms with Gasteiger partial charge in [0, 0.05) is 11.4 Å². The molecule has 2 aromatic rings. The lowest BCUT2D eigenvalue weighted by molar-refractivity contribution is -0.122. The summed E-state index contributed by atoms with van der Waals surface area (Å²) in [7, 11) is 0. The topological polar surface area (TPSA) is 67.4 Å². The number of rotatable bonds is 6. The lowest BCUT2D eigenvalue weighted by Crippen LogP contribution is -2.20. The van der Waals surface area contributed by atoms with E-state index in [0.717, 1.165) is 5.75 Å². The van der Waals surface area contributed by atoms with Crippen molar-refractivity contribution >= 4 is 23.2 Å². The SMILES string of the molecule is CCOc1ccc(NC(=O)C2CC2C(=O)Nc2cccc(F)c2)cc1. The van der Waals surface area contributed by atoms with Gasteiger partial charge in [-0.3, -0.25) is 9.59 Å². The quantitative estimate of drug-likeness (QED) is 0.845. The van der Waals surface area contributed by atoms with Gasteiger partial charge in [-0.1, -0.05) is 6.07 Å². The van der Waals surface area contributed by atoms with Crippen LogP contribution in [-0.2, 0) is 9.59 Å². The Morgan fingerprint density at radius 3 is 2.28 bits per heavy atom. The van der Waals surface area contributed by atoms with Crippen LogP contribution in [0.15, 0.2) is 48.5 Å². The van der Waals surface area contributed by atoms with Gasteiger partial charge in [0.1, 0.15) is 11.6 Å². The van der Waals surface area contributed by atoms with E-state index in [-0.39, 0.29) is 23.7 Å². The fraction of sp³-hybridized carbons (Fsp3) is 0.263. The molecule has 1 aliphatic carbocycles. The molecule has 1 saturated carbocycles. The maximum atomic E-state index is 13.1. The third-order valence-corrected chi connectivity index (χ3v) is 3.99. The van der Waals surface area contributed by atoms with Crippen LogP contribution < -0.4 is 15.4 Å². The standard InChI is InChI=1S/C19H19FN2O3/c1-2-25-15-8-6-13(7-9-15)21-18(23)16-11-17(16)19(24)22-14-5-3-4-12(20)10-14/h3-10,16-17H,2,11H2,1H3,(H,21,23)(H,22,24). The number of hydrogen-bond acceptors (Lipinski definition) is 3. The summed E-state index contributed by atoms with van der Waals surface area (Å²) in [5.41, 5.74) is 1.05. The molecule has 2 amide bonds. The Morgan fingerprint density at radius 1 is 1.04 bits per heavy atom. The summed E-state index contributed by atoms with van der Waals surface area (Å²) in [6.45, 7) is 2.48. The fourth-order valence-electron chi connectivity index (χ4n) is 2.61. The highest BCUT2D eigenvalue weighted by atomic mass is 19.1. The average molecular weight is 342 g/mol. The van der Waals surface area contributed by atoms with Gasteiger partial charge in [0.15, 0.2) is 0 Å². The predicted octanol–water partition coefficient (Wildman–Crippen LogP) is 3.44. The van der Waals surface area contributed by atoms with Gasteiger partial charge in [0.2, 0.25) is 11.8 Å². The van der Waals surface area contributed by atoms with Gasteiger partial charge in [-0.05, 0) is 55.8 Å². The van der Waals surface area contributed by atoms with Crippen LogP contribution in [0.5, 0.6) is 5.75 Å². The molecule has 0 heterocycles. The molecular weight excluding hydrogens is 323 g/mol. The molecule has 25 heavy (non-hydrogen) atoms. The van der Waals surface area contributed by atoms with Gasteiger partial charge < -0.3 is 15.4 Å². The molecule has 0 saturated heterocycles. The first kappa shape index (κ1) is 17.0. The first-order valence-corrected chi connectivity index (χ1v) is 8.17. The first-order chi connectivity index (χ1) is 12.1. The molecule has 2 atom stereocenters. The van der Waals surface area contributed by atoms with Crippen LogP contribution in [0.2, 0.25) is 0 Å². The van der Waals surface area contributed by atoms with Crippen molar-refractivity contribution in [1.82, 2.24) is 0 Å². The van der Waals surface area contributed by atoms with Crippen LogP contribution in [0.25, 0.3) is 0 Å². The molecule has 3 rings (SSSR count). The molecule has 6 heteroatoms. The molecule has 0 aliphatic heterocycles. The van der Waals surface area contributed by atoms with Gasteiger partial charge >= 0.3 is 0 Å². The van der Waals surface area contributed by atoms with E-state index in [1.54, 1.807) is 30.3 Å². The predicted molar refractivity (Wildman–Crippen MR) is 92.9 cm³/mol. The van der Waals surface area contributed by atoms with Crippen molar-refractivity contribution < 1.29 is 18.7 Å². The van der Waals surface area contributed by atoms with Crippen molar-refractivity contribution in [2.75, 3.05) is 17.2 Å². The Kier molecular flexibility index (Phi) is 4.97. The molecule has 1 aliphatic rings. The van der Waals surface area contributed by atoms with Crippen molar-refractivity contribution in [3.8, 4) is 5.75 Å². The monoisotopic (exact) mass is 342 g/mol. The summed E-state index contributed by atoms with van der Waals surface area (Å²) in [5.74, 6) is -0.884. The molecule has 130 valence electrons. The summed E-state index contributed by atoms with van der Waals surface area (Å²) in [6, 6.07) is 12.8. The molecule has 2 N–H and O–H groups in total. The molecule has 1 fully saturated rings. The summed E-state index contributed by atoms with van der Waals surface area (Å²) >= 11 is 0. The van der Waals surface area contributed by atoms with E-state index in [4.69, 9.17) is 4.74 Å². The molecule has 2 aromatic carbocycles. The molecule has 5 nitrogen and oxygen atoms in total. The Bertz CT molecular complexity index is 776. The Labute approximate surface area is 145 Å². The number of anilines is 2. The van der Waals surface area contributed by atoms with Crippen LogP contribution in [0.3, 0.4) is 0 Å². The van der Waals surface area contributed by atoms with E-state index in [1.165, 1.54) is 18.2 Å². The minimum atomic E-state index is -0.418. The normalized spacial score (nSPS) is 18.3. The van der Waals surface area contributed by atoms with E-state index in [2.05, 4.69) is 10.6 Å². The van der Waals surface area contributed by atoms with Crippen LogP contribution in [-0.4, -0.2) is 18.4 Å². The number of benzene rings is 2. The molecule has 0 spiro atoms. The third kappa shape index (κ3) is 4.35. The molecular formula is C19H19FN2O3. The second kappa shape index (κ2) is 7.34. The first-order valence-electron chi connectivity index (χ1n) is 8.17. The lowest BCUT2D eigenvalue weighted by atomic mass is 10.2. The highest BCUT2D eigenvalue weighted by molar-refractivity contribution is 6.03. The minimum Gasteiger partial charge on any atom is -0.494 e. The Balaban J connectivity index is 1.52. The molecule has 0 aromatic heterocycles. The van der Waals surface area contributed by atoms with Gasteiger partial charge in [-0.2, -0.15) is 0 Å². The Hall–Kier alpha value is -2.89. The van der Waals surface area contributed by atoms with Crippen LogP contribution in [0, 0.1) is 17.7 Å². The second-order valence-electron chi connectivity index (χ2n) is 5.89. The van der Waals surface area contributed by atoms with Crippen LogP contribution in [0.1, 0.15) is 13.3 Å². The van der Waals surface area contributed by atoms with Crippen LogP contribution in [0.4, 0.5) is 15.8 Å². The summed E-state index contributed by atoms with van der Waals surface area (Å²) in [6.07, 6.45) is 0.490. The zero-order valence-electron chi connectivity index (χ0n) is 13.8. The van der Waals surface area contributed by atoms with E-state index < -0.39 is 5.82 Å². The third-order valence-electron chi connectivity index (χ3n) is 3.99. The molecule has 0 radical (unpaired) electrons. The minimum absolute atomic E-state index is 0.191. The van der Waals surface area contributed by atoms with E-state index in [0.29, 0.717) is 24.4 Å². The smallest absolute Gasteiger partial charge is 0.228 e. The number of amides is 2. The number of nitrogens with one attached hydrogen (secondary N) is 2. The molecule has 2 unspecified atom stereocenters. The second-order valence-corrected chi connectivity index (χ2v) is 5.89. The average Bonchev–Trinajstić information content (AvgIpc) is 3.38. The number of hydrogen-bond donors (Lipinski definition) is 2. The van der Waals surface area contributed by atoms with Crippen molar-refractivity contribution in [2.45, 2.75) is 13.3 Å². The fourth-order valence-corrected chi connectivity index (χ4v) is 2.61. The molecule has 0 bridgehead atoms. The maximum absolute atomic E-state index is 13.1. The van der Waals surface area contributed by atoms with E-state index in [1.807, 2.05) is 6.92 Å². The Morgan fingerprint density at radius 2 is 1.68 bits per heavy atom. The van der Waals surface area contributed by atoms with Crippen molar-refractivity contribution in [1.29, 1.82) is 0 Å².